The van der Waals surface area contributed by atoms with E-state index >= 15 is 0 Å². The van der Waals surface area contributed by atoms with Gasteiger partial charge in [0.25, 0.3) is 0 Å². The Balaban J connectivity index is 3.07. The molecule has 0 amide bonds. The zero-order valence-corrected chi connectivity index (χ0v) is 8.69. The summed E-state index contributed by atoms with van der Waals surface area (Å²) in [6, 6.07) is 5.60. The number of nitrogens with zero attached hydrogens (tertiary/aromatic N) is 1. The third kappa shape index (κ3) is 2.25. The highest BCUT2D eigenvalue weighted by Crippen LogP contribution is 2.27. The van der Waals surface area contributed by atoms with Crippen molar-refractivity contribution in [1.29, 1.82) is 0 Å². The normalized spacial score (nSPS) is 11.1. The molecule has 0 heterocycles. The maximum absolute atomic E-state index is 9.84. The van der Waals surface area contributed by atoms with Gasteiger partial charge in [0, 0.05) is 5.56 Å². The van der Waals surface area contributed by atoms with Crippen LogP contribution in [0.1, 0.15) is 30.9 Å². The van der Waals surface area contributed by atoms with Crippen molar-refractivity contribution < 1.29 is 9.94 Å². The van der Waals surface area contributed by atoms with Gasteiger partial charge in [0.1, 0.15) is 12.9 Å². The molecule has 0 aliphatic rings. The molecule has 1 N–H and O–H groups in total. The molecule has 1 aromatic carbocycles. The summed E-state index contributed by atoms with van der Waals surface area (Å²) in [7, 11) is 1.47. The van der Waals surface area contributed by atoms with Gasteiger partial charge < -0.3 is 9.94 Å². The van der Waals surface area contributed by atoms with E-state index in [4.69, 9.17) is 0 Å². The summed E-state index contributed by atoms with van der Waals surface area (Å²) in [6.45, 7) is 4.07. The standard InChI is InChI=1S/C11H15NO2/c1-8(2)10-6-4-5-9(11(10)13)7-12-14-3/h4-8,13H,1-3H3/b12-7+. The molecule has 0 spiro atoms. The molecule has 1 rings (SSSR count). The van der Waals surface area contributed by atoms with Crippen LogP contribution in [0.2, 0.25) is 0 Å². The Morgan fingerprint density at radius 1 is 1.43 bits per heavy atom. The molecule has 0 atom stereocenters. The van der Waals surface area contributed by atoms with Gasteiger partial charge in [-0.2, -0.15) is 0 Å². The molecule has 0 saturated heterocycles. The van der Waals surface area contributed by atoms with Gasteiger partial charge in [-0.05, 0) is 17.5 Å². The lowest BCUT2D eigenvalue weighted by molar-refractivity contribution is 0.215. The minimum atomic E-state index is 0.281. The predicted octanol–water partition coefficient (Wildman–Crippen LogP) is 2.50. The van der Waals surface area contributed by atoms with E-state index in [1.165, 1.54) is 13.3 Å². The quantitative estimate of drug-likeness (QED) is 0.592. The summed E-state index contributed by atoms with van der Waals surface area (Å²) in [6.07, 6.45) is 1.50. The van der Waals surface area contributed by atoms with Crippen molar-refractivity contribution in [2.45, 2.75) is 19.8 Å². The SMILES string of the molecule is CO/N=C/c1cccc(C(C)C)c1O. The van der Waals surface area contributed by atoms with Gasteiger partial charge in [0.05, 0.1) is 6.21 Å². The van der Waals surface area contributed by atoms with E-state index in [1.54, 1.807) is 6.07 Å². The van der Waals surface area contributed by atoms with Crippen molar-refractivity contribution in [2.24, 2.45) is 5.16 Å². The third-order valence-electron chi connectivity index (χ3n) is 2.02. The van der Waals surface area contributed by atoms with E-state index in [0.717, 1.165) is 5.56 Å². The van der Waals surface area contributed by atoms with E-state index in [9.17, 15) is 5.11 Å². The predicted molar refractivity (Wildman–Crippen MR) is 56.8 cm³/mol. The second-order valence-corrected chi connectivity index (χ2v) is 3.36. The summed E-state index contributed by atoms with van der Waals surface area (Å²) in [5.41, 5.74) is 1.60. The summed E-state index contributed by atoms with van der Waals surface area (Å²) in [5, 5.41) is 13.5. The number of phenols is 1. The second kappa shape index (κ2) is 4.65. The molecule has 0 aromatic heterocycles. The Kier molecular flexibility index (Phi) is 3.51. The summed E-state index contributed by atoms with van der Waals surface area (Å²) in [5.74, 6) is 0.578. The molecule has 1 aromatic rings. The number of phenolic OH excluding ortho intramolecular Hbond substituents is 1. The van der Waals surface area contributed by atoms with Gasteiger partial charge in [0.2, 0.25) is 0 Å². The van der Waals surface area contributed by atoms with Crippen LogP contribution in [0.25, 0.3) is 0 Å². The second-order valence-electron chi connectivity index (χ2n) is 3.36. The molecule has 0 radical (unpaired) electrons. The van der Waals surface area contributed by atoms with Crippen molar-refractivity contribution in [2.75, 3.05) is 7.11 Å². The summed E-state index contributed by atoms with van der Waals surface area (Å²) >= 11 is 0. The van der Waals surface area contributed by atoms with Crippen molar-refractivity contribution in [3.8, 4) is 5.75 Å². The number of rotatable bonds is 3. The molecule has 0 fully saturated rings. The Morgan fingerprint density at radius 2 is 2.14 bits per heavy atom. The minimum Gasteiger partial charge on any atom is -0.507 e. The maximum atomic E-state index is 9.84. The van der Waals surface area contributed by atoms with Gasteiger partial charge in [-0.15, -0.1) is 0 Å². The highest BCUT2D eigenvalue weighted by molar-refractivity contribution is 5.83. The van der Waals surface area contributed by atoms with Gasteiger partial charge in [-0.1, -0.05) is 31.1 Å². The number of hydrogen-bond acceptors (Lipinski definition) is 3. The van der Waals surface area contributed by atoms with Crippen LogP contribution in [0.3, 0.4) is 0 Å². The number of para-hydroxylation sites is 1. The van der Waals surface area contributed by atoms with E-state index < -0.39 is 0 Å². The largest absolute Gasteiger partial charge is 0.507 e. The van der Waals surface area contributed by atoms with Crippen LogP contribution in [0.15, 0.2) is 23.4 Å². The lowest BCUT2D eigenvalue weighted by Gasteiger charge is -2.09. The van der Waals surface area contributed by atoms with Crippen LogP contribution >= 0.6 is 0 Å². The van der Waals surface area contributed by atoms with Crippen molar-refractivity contribution in [1.82, 2.24) is 0 Å². The van der Waals surface area contributed by atoms with E-state index in [0.29, 0.717) is 11.5 Å². The fourth-order valence-electron chi connectivity index (χ4n) is 1.26. The van der Waals surface area contributed by atoms with Crippen molar-refractivity contribution >= 4 is 6.21 Å². The Labute approximate surface area is 84.0 Å². The molecule has 0 saturated carbocycles. The van der Waals surface area contributed by atoms with Crippen LogP contribution in [-0.4, -0.2) is 18.4 Å². The smallest absolute Gasteiger partial charge is 0.127 e. The lowest BCUT2D eigenvalue weighted by Crippen LogP contribution is -1.92. The fraction of sp³-hybridized carbons (Fsp3) is 0.364. The first kappa shape index (κ1) is 10.6. The number of aromatic hydroxyl groups is 1. The molecule has 0 aliphatic carbocycles. The fourth-order valence-corrected chi connectivity index (χ4v) is 1.26. The average Bonchev–Trinajstić information content (AvgIpc) is 2.16. The first-order valence-corrected chi connectivity index (χ1v) is 4.55. The molecular weight excluding hydrogens is 178 g/mol. The monoisotopic (exact) mass is 193 g/mol. The third-order valence-corrected chi connectivity index (χ3v) is 2.02. The molecule has 3 nitrogen and oxygen atoms in total. The van der Waals surface area contributed by atoms with E-state index in [2.05, 4.69) is 9.99 Å². The van der Waals surface area contributed by atoms with E-state index in [1.807, 2.05) is 26.0 Å². The Morgan fingerprint density at radius 3 is 2.71 bits per heavy atom. The highest BCUT2D eigenvalue weighted by Gasteiger charge is 2.08. The molecule has 76 valence electrons. The van der Waals surface area contributed by atoms with Gasteiger partial charge in [-0.25, -0.2) is 0 Å². The zero-order chi connectivity index (χ0) is 10.6. The van der Waals surface area contributed by atoms with Gasteiger partial charge >= 0.3 is 0 Å². The van der Waals surface area contributed by atoms with Crippen LogP contribution in [-0.2, 0) is 4.84 Å². The first-order valence-electron chi connectivity index (χ1n) is 4.55. The van der Waals surface area contributed by atoms with Gasteiger partial charge in [-0.3, -0.25) is 0 Å². The molecule has 14 heavy (non-hydrogen) atoms. The van der Waals surface area contributed by atoms with Crippen LogP contribution in [0.5, 0.6) is 5.75 Å². The molecular formula is C11H15NO2. The van der Waals surface area contributed by atoms with Gasteiger partial charge in [0.15, 0.2) is 0 Å². The lowest BCUT2D eigenvalue weighted by atomic mass is 9.99. The Bertz CT molecular complexity index is 332. The average molecular weight is 193 g/mol. The Hall–Kier alpha value is -1.51. The summed E-state index contributed by atoms with van der Waals surface area (Å²) < 4.78 is 0. The molecule has 0 unspecified atom stereocenters. The molecule has 0 bridgehead atoms. The highest BCUT2D eigenvalue weighted by atomic mass is 16.6. The van der Waals surface area contributed by atoms with E-state index in [-0.39, 0.29) is 5.75 Å². The number of oxime groups is 1. The topological polar surface area (TPSA) is 41.8 Å². The zero-order valence-electron chi connectivity index (χ0n) is 8.69. The van der Waals surface area contributed by atoms with Crippen molar-refractivity contribution in [3.05, 3.63) is 29.3 Å². The maximum Gasteiger partial charge on any atom is 0.127 e. The first-order chi connectivity index (χ1) is 6.66. The molecule has 0 aliphatic heterocycles. The van der Waals surface area contributed by atoms with Crippen LogP contribution < -0.4 is 0 Å². The van der Waals surface area contributed by atoms with Crippen LogP contribution in [0, 0.1) is 0 Å². The molecule has 3 heteroatoms. The summed E-state index contributed by atoms with van der Waals surface area (Å²) in [4.78, 5) is 4.56. The number of hydrogen-bond donors (Lipinski definition) is 1. The van der Waals surface area contributed by atoms with Crippen molar-refractivity contribution in [3.63, 3.8) is 0 Å². The number of benzene rings is 1. The van der Waals surface area contributed by atoms with Crippen LogP contribution in [0.4, 0.5) is 0 Å². The minimum absolute atomic E-state index is 0.281.